The average Bonchev–Trinajstić information content (AvgIpc) is 3.38. The lowest BCUT2D eigenvalue weighted by Gasteiger charge is -2.26. The van der Waals surface area contributed by atoms with E-state index in [2.05, 4.69) is 86.8 Å². The molecular weight excluding hydrogens is 935 g/mol. The molecule has 0 aliphatic heterocycles. The van der Waals surface area contributed by atoms with E-state index in [1.165, 1.54) is 141 Å². The lowest BCUT2D eigenvalue weighted by molar-refractivity contribution is -0.870. The molecule has 75 heavy (non-hydrogen) atoms. The van der Waals surface area contributed by atoms with Crippen molar-refractivity contribution in [1.82, 2.24) is 0 Å². The maximum atomic E-state index is 12.9. The SMILES string of the molecule is CC/C=C\C/C=C\C/C=C\C/C=C\C/C=C\C/C=C\CCCCCCCCC(=O)OC(COC(=O)CCCCCCCCCCCCCCCCCCCCCCCCCCC)COC(OCC[N+](C)(C)C)C(=O)[O-]. The van der Waals surface area contributed by atoms with Gasteiger partial charge in [-0.1, -0.05) is 267 Å². The Balaban J connectivity index is 4.23. The molecule has 2 unspecified atom stereocenters. The molecule has 0 fully saturated rings. The number of unbranched alkanes of at least 4 members (excludes halogenated alkanes) is 30. The molecule has 0 rings (SSSR count). The second-order valence-corrected chi connectivity index (χ2v) is 22.0. The fourth-order valence-electron chi connectivity index (χ4n) is 8.72. The van der Waals surface area contributed by atoms with E-state index in [1.54, 1.807) is 0 Å². The van der Waals surface area contributed by atoms with E-state index in [1.807, 2.05) is 21.1 Å². The molecule has 434 valence electrons. The van der Waals surface area contributed by atoms with E-state index in [0.29, 0.717) is 17.4 Å². The van der Waals surface area contributed by atoms with Gasteiger partial charge in [0.2, 0.25) is 0 Å². The summed E-state index contributed by atoms with van der Waals surface area (Å²) in [5, 5.41) is 11.8. The highest BCUT2D eigenvalue weighted by molar-refractivity contribution is 5.70. The maximum Gasteiger partial charge on any atom is 0.306 e. The number of carbonyl (C=O) groups is 3. The number of esters is 2. The van der Waals surface area contributed by atoms with Crippen LogP contribution in [0.2, 0.25) is 0 Å². The van der Waals surface area contributed by atoms with Crippen molar-refractivity contribution in [2.45, 2.75) is 283 Å². The number of likely N-dealkylation sites (N-methyl/N-ethyl adjacent to an activating group) is 1. The molecule has 0 saturated carbocycles. The Morgan fingerprint density at radius 2 is 0.760 bits per heavy atom. The number of nitrogens with zero attached hydrogens (tertiary/aromatic N) is 1. The van der Waals surface area contributed by atoms with Gasteiger partial charge in [-0.25, -0.2) is 0 Å². The van der Waals surface area contributed by atoms with E-state index in [4.69, 9.17) is 18.9 Å². The molecule has 0 bridgehead atoms. The molecule has 2 atom stereocenters. The predicted octanol–water partition coefficient (Wildman–Crippen LogP) is 17.2. The first-order chi connectivity index (χ1) is 36.6. The molecule has 0 heterocycles. The topological polar surface area (TPSA) is 111 Å². The van der Waals surface area contributed by atoms with Crippen LogP contribution in [-0.2, 0) is 33.3 Å². The van der Waals surface area contributed by atoms with Crippen molar-refractivity contribution in [1.29, 1.82) is 0 Å². The van der Waals surface area contributed by atoms with Crippen LogP contribution < -0.4 is 5.11 Å². The van der Waals surface area contributed by atoms with Gasteiger partial charge in [-0.3, -0.25) is 9.59 Å². The van der Waals surface area contributed by atoms with Gasteiger partial charge in [-0.15, -0.1) is 0 Å². The number of carboxylic acid groups (broad SMARTS) is 1. The lowest BCUT2D eigenvalue weighted by Crippen LogP contribution is -2.44. The van der Waals surface area contributed by atoms with Crippen molar-refractivity contribution in [3.8, 4) is 0 Å². The Bertz CT molecular complexity index is 1460. The first-order valence-corrected chi connectivity index (χ1v) is 31.1. The Hall–Kier alpha value is -3.27. The standard InChI is InChI=1S/C66H117NO8/c1-6-8-10-12-14-16-18-20-22-24-26-28-30-32-34-36-38-40-42-44-46-48-50-52-54-56-63(68)73-60-62(61-74-66(65(70)71)72-59-58-67(3,4)5)75-64(69)57-55-53-51-49-47-45-43-41-39-37-35-33-31-29-27-25-23-21-19-17-15-13-11-9-7-2/h9,11,15,17,21,23,27,29,33,35,39,41,62,66H,6-8,10,12-14,16,18-20,22,24-26,28,30-32,34,36-38,40,42-61H2,1-5H3/b11-9-,17-15-,23-21-,29-27-,35-33-,41-39-. The predicted molar refractivity (Wildman–Crippen MR) is 315 cm³/mol. The van der Waals surface area contributed by atoms with Crippen LogP contribution in [0.3, 0.4) is 0 Å². The Morgan fingerprint density at radius 1 is 0.413 bits per heavy atom. The fraction of sp³-hybridized carbons (Fsp3) is 0.773. The molecule has 0 radical (unpaired) electrons. The summed E-state index contributed by atoms with van der Waals surface area (Å²) in [6, 6.07) is 0. The third-order valence-corrected chi connectivity index (χ3v) is 13.5. The van der Waals surface area contributed by atoms with Gasteiger partial charge in [0, 0.05) is 12.8 Å². The normalized spacial score (nSPS) is 13.2. The van der Waals surface area contributed by atoms with Gasteiger partial charge in [0.15, 0.2) is 12.4 Å². The minimum absolute atomic E-state index is 0.143. The monoisotopic (exact) mass is 1050 g/mol. The molecule has 0 saturated heterocycles. The maximum absolute atomic E-state index is 12.9. The molecule has 0 aromatic rings. The minimum atomic E-state index is -1.63. The van der Waals surface area contributed by atoms with Gasteiger partial charge in [-0.2, -0.15) is 0 Å². The van der Waals surface area contributed by atoms with Crippen LogP contribution in [0.15, 0.2) is 72.9 Å². The molecule has 9 nitrogen and oxygen atoms in total. The van der Waals surface area contributed by atoms with E-state index >= 15 is 0 Å². The van der Waals surface area contributed by atoms with Gasteiger partial charge in [-0.05, 0) is 64.2 Å². The number of hydrogen-bond acceptors (Lipinski definition) is 8. The van der Waals surface area contributed by atoms with Crippen LogP contribution in [0.5, 0.6) is 0 Å². The number of carbonyl (C=O) groups excluding carboxylic acids is 3. The van der Waals surface area contributed by atoms with Crippen molar-refractivity contribution in [2.75, 3.05) is 47.5 Å². The number of carboxylic acids is 1. The number of hydrogen-bond donors (Lipinski definition) is 0. The van der Waals surface area contributed by atoms with Crippen LogP contribution in [-0.4, -0.2) is 82.3 Å². The largest absolute Gasteiger partial charge is 0.545 e. The molecule has 0 aliphatic carbocycles. The Labute approximate surface area is 462 Å². The van der Waals surface area contributed by atoms with Gasteiger partial charge in [0.05, 0.1) is 40.3 Å². The highest BCUT2D eigenvalue weighted by atomic mass is 16.7. The molecule has 0 spiro atoms. The van der Waals surface area contributed by atoms with Crippen molar-refractivity contribution < 1.29 is 42.9 Å². The molecule has 0 amide bonds. The number of ether oxygens (including phenoxy) is 4. The number of quaternary nitrogens is 1. The van der Waals surface area contributed by atoms with Crippen LogP contribution in [0, 0.1) is 0 Å². The van der Waals surface area contributed by atoms with Crippen molar-refractivity contribution in [3.05, 3.63) is 72.9 Å². The van der Waals surface area contributed by atoms with Crippen LogP contribution in [0.4, 0.5) is 0 Å². The number of aliphatic carboxylic acids is 1. The second kappa shape index (κ2) is 56.9. The van der Waals surface area contributed by atoms with Gasteiger partial charge < -0.3 is 33.3 Å². The first kappa shape index (κ1) is 71.7. The summed E-state index contributed by atoms with van der Waals surface area (Å²) in [7, 11) is 5.92. The number of allylic oxidation sites excluding steroid dienone is 12. The highest BCUT2D eigenvalue weighted by Gasteiger charge is 2.22. The zero-order valence-electron chi connectivity index (χ0n) is 49.4. The quantitative estimate of drug-likeness (QED) is 0.0195. The minimum Gasteiger partial charge on any atom is -0.545 e. The Kier molecular flexibility index (Phi) is 54.4. The smallest absolute Gasteiger partial charge is 0.306 e. The summed E-state index contributed by atoms with van der Waals surface area (Å²) in [5.74, 6) is -2.29. The third kappa shape index (κ3) is 58.3. The van der Waals surface area contributed by atoms with Gasteiger partial charge >= 0.3 is 11.9 Å². The van der Waals surface area contributed by atoms with Gasteiger partial charge in [0.25, 0.3) is 0 Å². The molecule has 0 aromatic heterocycles. The van der Waals surface area contributed by atoms with E-state index in [0.717, 1.165) is 96.3 Å². The van der Waals surface area contributed by atoms with E-state index in [9.17, 15) is 19.5 Å². The summed E-state index contributed by atoms with van der Waals surface area (Å²) < 4.78 is 22.7. The first-order valence-electron chi connectivity index (χ1n) is 31.1. The molecule has 0 aliphatic rings. The van der Waals surface area contributed by atoms with Crippen molar-refractivity contribution >= 4 is 17.9 Å². The molecule has 0 aromatic carbocycles. The molecule has 9 heteroatoms. The van der Waals surface area contributed by atoms with Gasteiger partial charge in [0.1, 0.15) is 13.2 Å². The van der Waals surface area contributed by atoms with Crippen molar-refractivity contribution in [3.63, 3.8) is 0 Å². The highest BCUT2D eigenvalue weighted by Crippen LogP contribution is 2.17. The summed E-state index contributed by atoms with van der Waals surface area (Å²) in [6.45, 7) is 4.65. The summed E-state index contributed by atoms with van der Waals surface area (Å²) in [6.07, 6.45) is 71.0. The summed E-state index contributed by atoms with van der Waals surface area (Å²) in [4.78, 5) is 37.4. The third-order valence-electron chi connectivity index (χ3n) is 13.5. The molecular formula is C66H117NO8. The number of rotatable bonds is 57. The van der Waals surface area contributed by atoms with Crippen LogP contribution >= 0.6 is 0 Å². The summed E-state index contributed by atoms with van der Waals surface area (Å²) >= 11 is 0. The van der Waals surface area contributed by atoms with Crippen LogP contribution in [0.25, 0.3) is 0 Å². The molecule has 0 N–H and O–H groups in total. The Morgan fingerprint density at radius 3 is 1.13 bits per heavy atom. The van der Waals surface area contributed by atoms with Crippen molar-refractivity contribution in [2.24, 2.45) is 0 Å². The zero-order valence-corrected chi connectivity index (χ0v) is 49.4. The lowest BCUT2D eigenvalue weighted by atomic mass is 10.0. The zero-order chi connectivity index (χ0) is 54.8. The second-order valence-electron chi connectivity index (χ2n) is 22.0. The fourth-order valence-corrected chi connectivity index (χ4v) is 8.72. The average molecular weight is 1050 g/mol. The van der Waals surface area contributed by atoms with Crippen LogP contribution in [0.1, 0.15) is 271 Å². The summed E-state index contributed by atoms with van der Waals surface area (Å²) in [5.41, 5.74) is 0. The van der Waals surface area contributed by atoms with E-state index in [-0.39, 0.29) is 38.6 Å². The van der Waals surface area contributed by atoms with E-state index < -0.39 is 24.3 Å².